The van der Waals surface area contributed by atoms with Crippen LogP contribution in [0.3, 0.4) is 0 Å². The van der Waals surface area contributed by atoms with Crippen molar-refractivity contribution in [1.29, 1.82) is 0 Å². The Morgan fingerprint density at radius 1 is 0.931 bits per heavy atom. The molecule has 1 aromatic carbocycles. The van der Waals surface area contributed by atoms with E-state index >= 15 is 0 Å². The molecule has 0 aliphatic heterocycles. The van der Waals surface area contributed by atoms with Gasteiger partial charge < -0.3 is 10.5 Å². The molecule has 0 aliphatic rings. The molecule has 1 amide bonds. The summed E-state index contributed by atoms with van der Waals surface area (Å²) < 4.78 is 5.26. The zero-order chi connectivity index (χ0) is 20.5. The van der Waals surface area contributed by atoms with E-state index in [1.807, 2.05) is 48.5 Å². The molecule has 0 aliphatic carbocycles. The van der Waals surface area contributed by atoms with Gasteiger partial charge in [-0.1, -0.05) is 12.1 Å². The molecule has 150 valence electrons. The van der Waals surface area contributed by atoms with Gasteiger partial charge >= 0.3 is 0 Å². The molecule has 1 atom stereocenters. The van der Waals surface area contributed by atoms with Crippen LogP contribution in [0.2, 0.25) is 0 Å². The summed E-state index contributed by atoms with van der Waals surface area (Å²) in [6, 6.07) is 15.3. The molecule has 0 spiro atoms. The van der Waals surface area contributed by atoms with Crippen LogP contribution in [0.4, 0.5) is 0 Å². The van der Waals surface area contributed by atoms with Crippen LogP contribution in [-0.4, -0.2) is 29.5 Å². The summed E-state index contributed by atoms with van der Waals surface area (Å²) in [5.41, 5.74) is 8.06. The van der Waals surface area contributed by atoms with Gasteiger partial charge in [-0.05, 0) is 72.4 Å². The monoisotopic (exact) mass is 390 g/mol. The van der Waals surface area contributed by atoms with Gasteiger partial charge in [0.05, 0.1) is 7.11 Å². The van der Waals surface area contributed by atoms with Gasteiger partial charge in [0.1, 0.15) is 11.3 Å². The number of hydrogen-bond acceptors (Lipinski definition) is 5. The molecule has 0 radical (unpaired) electrons. The number of hydrogen-bond donors (Lipinski definition) is 2. The second-order valence-electron chi connectivity index (χ2n) is 6.89. The lowest BCUT2D eigenvalue weighted by molar-refractivity contribution is -0.125. The van der Waals surface area contributed by atoms with E-state index < -0.39 is 11.4 Å². The zero-order valence-electron chi connectivity index (χ0n) is 16.5. The van der Waals surface area contributed by atoms with Crippen molar-refractivity contribution in [3.63, 3.8) is 0 Å². The molecule has 0 saturated carbocycles. The largest absolute Gasteiger partial charge is 0.497 e. The van der Waals surface area contributed by atoms with Gasteiger partial charge in [-0.3, -0.25) is 20.1 Å². The Kier molecular flexibility index (Phi) is 6.92. The molecule has 1 unspecified atom stereocenters. The number of aromatic nitrogens is 2. The first kappa shape index (κ1) is 20.5. The van der Waals surface area contributed by atoms with E-state index in [2.05, 4.69) is 15.3 Å². The number of rotatable bonds is 10. The smallest absolute Gasteiger partial charge is 0.242 e. The normalized spacial score (nSPS) is 12.9. The minimum absolute atomic E-state index is 0.397. The van der Waals surface area contributed by atoms with E-state index in [0.717, 1.165) is 28.9 Å². The van der Waals surface area contributed by atoms with Crippen molar-refractivity contribution in [3.8, 4) is 5.75 Å². The SMILES string of the molecule is COc1ccc(C(CCc2ccncc2)(NCCc2ccncc2)C(N)=O)cc1. The molecule has 6 nitrogen and oxygen atoms in total. The highest BCUT2D eigenvalue weighted by atomic mass is 16.5. The number of methoxy groups -OCH3 is 1. The Bertz CT molecular complexity index is 901. The number of nitrogens with two attached hydrogens (primary N) is 1. The van der Waals surface area contributed by atoms with Gasteiger partial charge in [0.15, 0.2) is 0 Å². The van der Waals surface area contributed by atoms with Crippen LogP contribution in [-0.2, 0) is 23.2 Å². The summed E-state index contributed by atoms with van der Waals surface area (Å²) in [5.74, 6) is 0.337. The molecule has 3 N–H and O–H groups in total. The van der Waals surface area contributed by atoms with E-state index in [0.29, 0.717) is 19.4 Å². The molecule has 2 heterocycles. The van der Waals surface area contributed by atoms with Crippen LogP contribution in [0.25, 0.3) is 0 Å². The maximum absolute atomic E-state index is 12.7. The minimum Gasteiger partial charge on any atom is -0.497 e. The van der Waals surface area contributed by atoms with Crippen molar-refractivity contribution < 1.29 is 9.53 Å². The predicted molar refractivity (Wildman–Crippen MR) is 112 cm³/mol. The highest BCUT2D eigenvalue weighted by molar-refractivity contribution is 5.86. The third-order valence-corrected chi connectivity index (χ3v) is 5.13. The number of nitrogens with zero attached hydrogens (tertiary/aromatic N) is 2. The highest BCUT2D eigenvalue weighted by Gasteiger charge is 2.37. The Hall–Kier alpha value is -3.25. The number of primary amides is 1. The number of ether oxygens (including phenoxy) is 1. The van der Waals surface area contributed by atoms with Crippen molar-refractivity contribution in [3.05, 3.63) is 90.0 Å². The summed E-state index contributed by atoms with van der Waals surface area (Å²) in [6.45, 7) is 0.606. The fourth-order valence-corrected chi connectivity index (χ4v) is 3.41. The van der Waals surface area contributed by atoms with Crippen LogP contribution in [0, 0.1) is 0 Å². The average Bonchev–Trinajstić information content (AvgIpc) is 2.77. The number of carbonyl (C=O) groups excluding carboxylic acids is 1. The number of carbonyl (C=O) groups is 1. The third-order valence-electron chi connectivity index (χ3n) is 5.13. The van der Waals surface area contributed by atoms with Crippen LogP contribution >= 0.6 is 0 Å². The van der Waals surface area contributed by atoms with Gasteiger partial charge in [-0.2, -0.15) is 0 Å². The van der Waals surface area contributed by atoms with Gasteiger partial charge in [-0.25, -0.2) is 0 Å². The predicted octanol–water partition coefficient (Wildman–Crippen LogP) is 2.63. The molecule has 0 fully saturated rings. The standard InChI is InChI=1S/C23H26N4O2/c1-29-21-4-2-20(3-5-21)23(22(24)28,12-6-18-7-13-25-14-8-18)27-17-11-19-9-15-26-16-10-19/h2-5,7-10,13-16,27H,6,11-12,17H2,1H3,(H2,24,28). The van der Waals surface area contributed by atoms with E-state index in [-0.39, 0.29) is 0 Å². The molecule has 3 aromatic rings. The number of amides is 1. The lowest BCUT2D eigenvalue weighted by atomic mass is 9.83. The van der Waals surface area contributed by atoms with Gasteiger partial charge in [0, 0.05) is 31.3 Å². The molecule has 2 aromatic heterocycles. The summed E-state index contributed by atoms with van der Waals surface area (Å²) in [4.78, 5) is 20.9. The van der Waals surface area contributed by atoms with Crippen molar-refractivity contribution in [2.24, 2.45) is 5.73 Å². The van der Waals surface area contributed by atoms with Crippen LogP contribution in [0.5, 0.6) is 5.75 Å². The zero-order valence-corrected chi connectivity index (χ0v) is 16.5. The quantitative estimate of drug-likeness (QED) is 0.555. The first-order chi connectivity index (χ1) is 14.1. The van der Waals surface area contributed by atoms with Gasteiger partial charge in [0.25, 0.3) is 0 Å². The molecule has 0 saturated heterocycles. The van der Waals surface area contributed by atoms with Crippen LogP contribution in [0.15, 0.2) is 73.3 Å². The Morgan fingerprint density at radius 2 is 1.48 bits per heavy atom. The topological polar surface area (TPSA) is 90.1 Å². The van der Waals surface area contributed by atoms with Crippen molar-refractivity contribution >= 4 is 5.91 Å². The summed E-state index contributed by atoms with van der Waals surface area (Å²) >= 11 is 0. The molecular formula is C23H26N4O2. The van der Waals surface area contributed by atoms with Crippen molar-refractivity contribution in [2.45, 2.75) is 24.8 Å². The lowest BCUT2D eigenvalue weighted by Crippen LogP contribution is -2.53. The Morgan fingerprint density at radius 3 is 2.00 bits per heavy atom. The first-order valence-corrected chi connectivity index (χ1v) is 9.61. The van der Waals surface area contributed by atoms with E-state index in [9.17, 15) is 4.79 Å². The Balaban J connectivity index is 1.84. The lowest BCUT2D eigenvalue weighted by Gasteiger charge is -2.33. The number of aryl methyl sites for hydroxylation is 1. The number of nitrogens with one attached hydrogen (secondary N) is 1. The van der Waals surface area contributed by atoms with Crippen LogP contribution in [0.1, 0.15) is 23.1 Å². The second-order valence-corrected chi connectivity index (χ2v) is 6.89. The fourth-order valence-electron chi connectivity index (χ4n) is 3.41. The maximum Gasteiger partial charge on any atom is 0.242 e. The highest BCUT2D eigenvalue weighted by Crippen LogP contribution is 2.29. The fraction of sp³-hybridized carbons (Fsp3) is 0.261. The summed E-state index contributed by atoms with van der Waals surface area (Å²) in [7, 11) is 1.62. The van der Waals surface area contributed by atoms with Gasteiger partial charge in [-0.15, -0.1) is 0 Å². The first-order valence-electron chi connectivity index (χ1n) is 9.61. The molecule has 29 heavy (non-hydrogen) atoms. The van der Waals surface area contributed by atoms with Crippen molar-refractivity contribution in [1.82, 2.24) is 15.3 Å². The number of benzene rings is 1. The molecular weight excluding hydrogens is 364 g/mol. The van der Waals surface area contributed by atoms with Crippen molar-refractivity contribution in [2.75, 3.05) is 13.7 Å². The van der Waals surface area contributed by atoms with Crippen LogP contribution < -0.4 is 15.8 Å². The molecule has 6 heteroatoms. The third kappa shape index (κ3) is 5.18. The van der Waals surface area contributed by atoms with E-state index in [4.69, 9.17) is 10.5 Å². The maximum atomic E-state index is 12.7. The minimum atomic E-state index is -0.984. The summed E-state index contributed by atoms with van der Waals surface area (Å²) in [6.07, 6.45) is 9.04. The van der Waals surface area contributed by atoms with Gasteiger partial charge in [0.2, 0.25) is 5.91 Å². The average molecular weight is 390 g/mol. The molecule has 3 rings (SSSR count). The van der Waals surface area contributed by atoms with E-state index in [1.165, 1.54) is 0 Å². The Labute approximate surface area is 171 Å². The summed E-state index contributed by atoms with van der Waals surface area (Å²) in [5, 5.41) is 3.45. The number of pyridine rings is 2. The van der Waals surface area contributed by atoms with E-state index in [1.54, 1.807) is 31.9 Å². The second kappa shape index (κ2) is 9.80. The molecule has 0 bridgehead atoms.